The van der Waals surface area contributed by atoms with Gasteiger partial charge in [-0.2, -0.15) is 0 Å². The van der Waals surface area contributed by atoms with E-state index in [0.717, 1.165) is 22.7 Å². The Morgan fingerprint density at radius 3 is 2.61 bits per heavy atom. The summed E-state index contributed by atoms with van der Waals surface area (Å²) in [6.07, 6.45) is 0. The van der Waals surface area contributed by atoms with Gasteiger partial charge in [0.1, 0.15) is 11.6 Å². The molecule has 0 saturated heterocycles. The highest BCUT2D eigenvalue weighted by Gasteiger charge is 2.15. The van der Waals surface area contributed by atoms with Crippen molar-refractivity contribution in [2.24, 2.45) is 0 Å². The first-order valence-corrected chi connectivity index (χ1v) is 8.55. The molecular weight excluding hydrogens is 314 g/mol. The molecule has 0 spiro atoms. The van der Waals surface area contributed by atoms with Gasteiger partial charge in [0.25, 0.3) is 0 Å². The third-order valence-electron chi connectivity index (χ3n) is 3.51. The van der Waals surface area contributed by atoms with Gasteiger partial charge in [0.15, 0.2) is 0 Å². The van der Waals surface area contributed by atoms with Crippen LogP contribution in [0, 0.1) is 6.92 Å². The first-order chi connectivity index (χ1) is 11.0. The largest absolute Gasteiger partial charge is 0.497 e. The third kappa shape index (κ3) is 3.35. The van der Waals surface area contributed by atoms with Crippen molar-refractivity contribution in [1.29, 1.82) is 0 Å². The molecule has 23 heavy (non-hydrogen) atoms. The van der Waals surface area contributed by atoms with Crippen molar-refractivity contribution in [3.05, 3.63) is 53.9 Å². The quantitative estimate of drug-likeness (QED) is 0.752. The van der Waals surface area contributed by atoms with Gasteiger partial charge in [0.05, 0.1) is 23.0 Å². The van der Waals surface area contributed by atoms with Crippen LogP contribution in [0.25, 0.3) is 11.0 Å². The number of H-pyrrole nitrogens is 1. The molecule has 7 heteroatoms. The molecule has 1 heterocycles. The first-order valence-electron chi connectivity index (χ1n) is 7.07. The molecule has 0 aliphatic heterocycles. The fourth-order valence-corrected chi connectivity index (χ4v) is 3.33. The molecule has 0 fully saturated rings. The van der Waals surface area contributed by atoms with E-state index in [9.17, 15) is 8.42 Å². The zero-order valence-electron chi connectivity index (χ0n) is 12.8. The second kappa shape index (κ2) is 6.02. The Morgan fingerprint density at radius 2 is 1.91 bits per heavy atom. The van der Waals surface area contributed by atoms with Crippen LogP contribution in [0.1, 0.15) is 11.4 Å². The molecule has 0 saturated carbocycles. The third-order valence-corrected chi connectivity index (χ3v) is 4.91. The highest BCUT2D eigenvalue weighted by atomic mass is 32.2. The van der Waals surface area contributed by atoms with E-state index < -0.39 is 10.0 Å². The summed E-state index contributed by atoms with van der Waals surface area (Å²) in [6, 6.07) is 12.1. The van der Waals surface area contributed by atoms with E-state index in [-0.39, 0.29) is 11.4 Å². The lowest BCUT2D eigenvalue weighted by atomic mass is 10.2. The minimum absolute atomic E-state index is 0.210. The number of imidazole rings is 1. The van der Waals surface area contributed by atoms with E-state index in [1.807, 2.05) is 19.1 Å². The fourth-order valence-electron chi connectivity index (χ4n) is 2.29. The van der Waals surface area contributed by atoms with E-state index in [1.165, 1.54) is 0 Å². The molecule has 3 rings (SSSR count). The molecule has 0 bridgehead atoms. The summed E-state index contributed by atoms with van der Waals surface area (Å²) in [4.78, 5) is 7.51. The lowest BCUT2D eigenvalue weighted by molar-refractivity contribution is 0.414. The lowest BCUT2D eigenvalue weighted by Gasteiger charge is -2.07. The molecule has 120 valence electrons. The molecular formula is C16H17N3O3S. The predicted molar refractivity (Wildman–Crippen MR) is 87.9 cm³/mol. The number of hydrogen-bond acceptors (Lipinski definition) is 4. The SMILES string of the molecule is COc1ccc(CNS(=O)(=O)c2ccc3nc(C)[nH]c3c2)cc1. The molecule has 2 N–H and O–H groups in total. The van der Waals surface area contributed by atoms with Gasteiger partial charge in [0.2, 0.25) is 10.0 Å². The molecule has 6 nitrogen and oxygen atoms in total. The second-order valence-corrected chi connectivity index (χ2v) is 6.94. The van der Waals surface area contributed by atoms with E-state index in [1.54, 1.807) is 37.4 Å². The van der Waals surface area contributed by atoms with Crippen molar-refractivity contribution in [2.45, 2.75) is 18.4 Å². The summed E-state index contributed by atoms with van der Waals surface area (Å²) < 4.78 is 32.5. The summed E-state index contributed by atoms with van der Waals surface area (Å²) in [6.45, 7) is 2.04. The normalized spacial score (nSPS) is 11.7. The number of sulfonamides is 1. The molecule has 0 aliphatic rings. The Bertz CT molecular complexity index is 931. The minimum atomic E-state index is -3.59. The van der Waals surface area contributed by atoms with E-state index in [0.29, 0.717) is 5.52 Å². The zero-order chi connectivity index (χ0) is 16.4. The summed E-state index contributed by atoms with van der Waals surface area (Å²) in [7, 11) is -2.00. The molecule has 0 atom stereocenters. The molecule has 0 unspecified atom stereocenters. The standard InChI is InChI=1S/C16H17N3O3S/c1-11-18-15-8-7-14(9-16(15)19-11)23(20,21)17-10-12-3-5-13(22-2)6-4-12/h3-9,17H,10H2,1-2H3,(H,18,19). The number of aromatic amines is 1. The van der Waals surface area contributed by atoms with Crippen molar-refractivity contribution >= 4 is 21.1 Å². The van der Waals surface area contributed by atoms with Gasteiger partial charge >= 0.3 is 0 Å². The van der Waals surface area contributed by atoms with E-state index >= 15 is 0 Å². The monoisotopic (exact) mass is 331 g/mol. The number of rotatable bonds is 5. The van der Waals surface area contributed by atoms with Gasteiger partial charge in [-0.3, -0.25) is 0 Å². The van der Waals surface area contributed by atoms with Gasteiger partial charge in [-0.1, -0.05) is 12.1 Å². The Labute approximate surface area is 134 Å². The molecule has 2 aromatic carbocycles. The van der Waals surface area contributed by atoms with Crippen molar-refractivity contribution in [3.8, 4) is 5.75 Å². The van der Waals surface area contributed by atoms with Crippen LogP contribution >= 0.6 is 0 Å². The Kier molecular flexibility index (Phi) is 4.06. The minimum Gasteiger partial charge on any atom is -0.497 e. The highest BCUT2D eigenvalue weighted by molar-refractivity contribution is 7.89. The van der Waals surface area contributed by atoms with Crippen molar-refractivity contribution in [3.63, 3.8) is 0 Å². The maximum absolute atomic E-state index is 12.4. The van der Waals surface area contributed by atoms with Crippen molar-refractivity contribution in [2.75, 3.05) is 7.11 Å². The van der Waals surface area contributed by atoms with Crippen LogP contribution in [0.15, 0.2) is 47.4 Å². The zero-order valence-corrected chi connectivity index (χ0v) is 13.6. The first kappa shape index (κ1) is 15.5. The van der Waals surface area contributed by atoms with Gasteiger partial charge < -0.3 is 9.72 Å². The van der Waals surface area contributed by atoms with E-state index in [2.05, 4.69) is 14.7 Å². The Hall–Kier alpha value is -2.38. The summed E-state index contributed by atoms with van der Waals surface area (Å²) in [5.74, 6) is 1.48. The second-order valence-electron chi connectivity index (χ2n) is 5.17. The van der Waals surface area contributed by atoms with Gasteiger partial charge in [-0.05, 0) is 42.8 Å². The number of fused-ring (bicyclic) bond motifs is 1. The molecule has 0 amide bonds. The summed E-state index contributed by atoms with van der Waals surface area (Å²) >= 11 is 0. The maximum Gasteiger partial charge on any atom is 0.240 e. The number of benzene rings is 2. The smallest absolute Gasteiger partial charge is 0.240 e. The maximum atomic E-state index is 12.4. The predicted octanol–water partition coefficient (Wildman–Crippen LogP) is 2.36. The van der Waals surface area contributed by atoms with Crippen LogP contribution in [0.4, 0.5) is 0 Å². The topological polar surface area (TPSA) is 84.1 Å². The molecule has 3 aromatic rings. The lowest BCUT2D eigenvalue weighted by Crippen LogP contribution is -2.23. The van der Waals surface area contributed by atoms with Gasteiger partial charge in [0, 0.05) is 6.54 Å². The Morgan fingerprint density at radius 1 is 1.17 bits per heavy atom. The number of methoxy groups -OCH3 is 1. The van der Waals surface area contributed by atoms with Gasteiger partial charge in [-0.15, -0.1) is 0 Å². The van der Waals surface area contributed by atoms with Crippen LogP contribution < -0.4 is 9.46 Å². The van der Waals surface area contributed by atoms with Gasteiger partial charge in [-0.25, -0.2) is 18.1 Å². The van der Waals surface area contributed by atoms with Crippen molar-refractivity contribution in [1.82, 2.24) is 14.7 Å². The molecule has 1 aromatic heterocycles. The number of nitrogens with zero attached hydrogens (tertiary/aromatic N) is 1. The van der Waals surface area contributed by atoms with Crippen LogP contribution in [-0.2, 0) is 16.6 Å². The Balaban J connectivity index is 1.78. The van der Waals surface area contributed by atoms with Crippen LogP contribution in [0.3, 0.4) is 0 Å². The molecule has 0 aliphatic carbocycles. The van der Waals surface area contributed by atoms with Crippen molar-refractivity contribution < 1.29 is 13.2 Å². The number of aromatic nitrogens is 2. The number of aryl methyl sites for hydroxylation is 1. The number of nitrogens with one attached hydrogen (secondary N) is 2. The van der Waals surface area contributed by atoms with Crippen LogP contribution in [0.2, 0.25) is 0 Å². The average molecular weight is 331 g/mol. The fraction of sp³-hybridized carbons (Fsp3) is 0.188. The highest BCUT2D eigenvalue weighted by Crippen LogP contribution is 2.18. The van der Waals surface area contributed by atoms with E-state index in [4.69, 9.17) is 4.74 Å². The molecule has 0 radical (unpaired) electrons. The number of ether oxygens (including phenoxy) is 1. The number of hydrogen-bond donors (Lipinski definition) is 2. The average Bonchev–Trinajstić information content (AvgIpc) is 2.92. The van der Waals surface area contributed by atoms with Crippen LogP contribution in [0.5, 0.6) is 5.75 Å². The summed E-state index contributed by atoms with van der Waals surface area (Å²) in [5.41, 5.74) is 2.30. The summed E-state index contributed by atoms with van der Waals surface area (Å²) in [5, 5.41) is 0. The van der Waals surface area contributed by atoms with Crippen LogP contribution in [-0.4, -0.2) is 25.5 Å².